The van der Waals surface area contributed by atoms with Gasteiger partial charge < -0.3 is 0 Å². The molecule has 17 heteroatoms. The SMILES string of the molecule is C.CC.CC.CC.CC.CC.CC.CC.CC.Cc1ccccn1.Cc1cccnc1.Cc1ccncc1.Cc1ccncn1.Cc1ncn[nH]1.Cn1ccnn1.Cn1cncn1.Cn1nccn1. The highest BCUT2D eigenvalue weighted by atomic mass is 15.4. The van der Waals surface area contributed by atoms with Crippen molar-refractivity contribution >= 4 is 0 Å². The molecule has 0 amide bonds. The predicted octanol–water partition coefficient (Wildman–Crippen LogP) is 13.4. The van der Waals surface area contributed by atoms with Crippen molar-refractivity contribution in [3.8, 4) is 0 Å². The maximum atomic E-state index is 3.98. The molecule has 8 rings (SSSR count). The quantitative estimate of drug-likeness (QED) is 0.151. The summed E-state index contributed by atoms with van der Waals surface area (Å²) in [5.41, 5.74) is 4.55. The van der Waals surface area contributed by atoms with Crippen molar-refractivity contribution in [1.82, 2.24) is 84.9 Å². The largest absolute Gasteiger partial charge is 0.265 e. The third-order valence-electron chi connectivity index (χ3n) is 5.34. The number of hydrogen-bond donors (Lipinski definition) is 1. The fourth-order valence-electron chi connectivity index (χ4n) is 2.76. The third kappa shape index (κ3) is 75.7. The van der Waals surface area contributed by atoms with Crippen molar-refractivity contribution in [2.24, 2.45) is 21.1 Å². The molecule has 0 spiro atoms. The minimum absolute atomic E-state index is 0. The first-order valence-electron chi connectivity index (χ1n) is 23.7. The van der Waals surface area contributed by atoms with Gasteiger partial charge in [-0.05, 0) is 82.1 Å². The van der Waals surface area contributed by atoms with E-state index < -0.39 is 0 Å². The Bertz CT molecular complexity index is 1550. The van der Waals surface area contributed by atoms with E-state index in [-0.39, 0.29) is 7.43 Å². The lowest BCUT2D eigenvalue weighted by Gasteiger charge is -1.82. The Labute approximate surface area is 421 Å². The van der Waals surface area contributed by atoms with Crippen LogP contribution in [0.4, 0.5) is 0 Å². The summed E-state index contributed by atoms with van der Waals surface area (Å²) in [6, 6.07) is 15.6. The summed E-state index contributed by atoms with van der Waals surface area (Å²) < 4.78 is 3.28. The first-order valence-corrected chi connectivity index (χ1v) is 23.7. The lowest BCUT2D eigenvalue weighted by atomic mass is 10.3. The molecule has 8 aromatic rings. The van der Waals surface area contributed by atoms with E-state index in [4.69, 9.17) is 0 Å². The molecular formula is C52H99N17. The molecule has 69 heavy (non-hydrogen) atoms. The van der Waals surface area contributed by atoms with Gasteiger partial charge in [-0.1, -0.05) is 136 Å². The van der Waals surface area contributed by atoms with Crippen molar-refractivity contribution in [2.45, 2.75) is 153 Å². The van der Waals surface area contributed by atoms with Gasteiger partial charge in [0.25, 0.3) is 0 Å². The Morgan fingerprint density at radius 2 is 0.971 bits per heavy atom. The smallest absolute Gasteiger partial charge is 0.137 e. The van der Waals surface area contributed by atoms with E-state index in [1.165, 1.54) is 34.9 Å². The van der Waals surface area contributed by atoms with E-state index >= 15 is 0 Å². The van der Waals surface area contributed by atoms with Gasteiger partial charge in [0.05, 0.1) is 18.6 Å². The van der Waals surface area contributed by atoms with Gasteiger partial charge in [-0.3, -0.25) is 29.4 Å². The minimum Gasteiger partial charge on any atom is -0.265 e. The van der Waals surface area contributed by atoms with Crippen LogP contribution >= 0.6 is 0 Å². The van der Waals surface area contributed by atoms with Gasteiger partial charge >= 0.3 is 0 Å². The van der Waals surface area contributed by atoms with Crippen LogP contribution in [0.1, 0.15) is 147 Å². The summed E-state index contributed by atoms with van der Waals surface area (Å²) in [6.45, 7) is 41.8. The molecule has 0 saturated carbocycles. The van der Waals surface area contributed by atoms with E-state index in [2.05, 4.69) is 70.7 Å². The van der Waals surface area contributed by atoms with Crippen LogP contribution in [0.25, 0.3) is 0 Å². The number of rotatable bonds is 0. The zero-order valence-electron chi connectivity index (χ0n) is 46.9. The Morgan fingerprint density at radius 3 is 1.14 bits per heavy atom. The number of aryl methyl sites for hydroxylation is 8. The maximum Gasteiger partial charge on any atom is 0.137 e. The van der Waals surface area contributed by atoms with Crippen molar-refractivity contribution < 1.29 is 0 Å². The Balaban J connectivity index is -0.0000000816. The minimum atomic E-state index is 0. The monoisotopic (exact) mass is 962 g/mol. The van der Waals surface area contributed by atoms with Crippen LogP contribution in [0.15, 0.2) is 136 Å². The van der Waals surface area contributed by atoms with Gasteiger partial charge in [-0.25, -0.2) is 19.9 Å². The maximum absolute atomic E-state index is 3.98. The molecule has 0 radical (unpaired) electrons. The van der Waals surface area contributed by atoms with E-state index in [0.717, 1.165) is 17.2 Å². The van der Waals surface area contributed by atoms with Crippen molar-refractivity contribution in [3.05, 3.63) is 164 Å². The van der Waals surface area contributed by atoms with Crippen molar-refractivity contribution in [2.75, 3.05) is 0 Å². The molecule has 1 N–H and O–H groups in total. The number of pyridine rings is 3. The highest BCUT2D eigenvalue weighted by Gasteiger charge is 1.77. The topological polar surface area (TPSA) is 198 Å². The molecular weight excluding hydrogens is 863 g/mol. The molecule has 0 saturated heterocycles. The standard InChI is InChI=1S/3C6H7N.C5H6N2.4C3H5N3.8C2H6.CH4/c1-6-2-4-7-5-3-6;1-6-3-2-4-7-5-6;1-6-4-2-3-5-7-6;1-5-2-3-6-4-7-5;1-6-3-4-2-5-6;1-6-3-2-4-5-6;1-6-4-2-3-5-6;1-3-4-2-5-6-3;8*1-2;/h3*2-5H,1H3;2-4H,1H3;3*2-3H,1H3;2H,1H3,(H,4,5,6);8*1-2H3;1H4. The summed E-state index contributed by atoms with van der Waals surface area (Å²) in [6.07, 6.45) is 23.5. The van der Waals surface area contributed by atoms with Crippen LogP contribution in [0.3, 0.4) is 0 Å². The number of nitrogens with one attached hydrogen (secondary N) is 1. The average molecular weight is 962 g/mol. The number of aromatic nitrogens is 17. The summed E-state index contributed by atoms with van der Waals surface area (Å²) in [7, 11) is 5.43. The average Bonchev–Trinajstić information content (AvgIpc) is 4.29. The molecule has 0 aliphatic carbocycles. The van der Waals surface area contributed by atoms with Gasteiger partial charge in [0.15, 0.2) is 0 Å². The zero-order valence-corrected chi connectivity index (χ0v) is 46.9. The molecule has 0 aromatic carbocycles. The van der Waals surface area contributed by atoms with Crippen molar-refractivity contribution in [1.29, 1.82) is 0 Å². The second kappa shape index (κ2) is 78.3. The van der Waals surface area contributed by atoms with Gasteiger partial charge in [-0.2, -0.15) is 25.2 Å². The summed E-state index contributed by atoms with van der Waals surface area (Å²) in [5.74, 6) is 0.856. The van der Waals surface area contributed by atoms with E-state index in [0.29, 0.717) is 0 Å². The molecule has 8 aromatic heterocycles. The summed E-state index contributed by atoms with van der Waals surface area (Å²) in [4.78, 5) is 28.2. The molecule has 392 valence electrons. The van der Waals surface area contributed by atoms with E-state index in [1.807, 2.05) is 214 Å². The van der Waals surface area contributed by atoms with Crippen LogP contribution in [-0.2, 0) is 21.1 Å². The zero-order chi connectivity index (χ0) is 54.1. The number of H-pyrrole nitrogens is 1. The van der Waals surface area contributed by atoms with E-state index in [1.54, 1.807) is 78.5 Å². The third-order valence-corrected chi connectivity index (χ3v) is 5.34. The van der Waals surface area contributed by atoms with Crippen LogP contribution in [-0.4, -0.2) is 84.9 Å². The van der Waals surface area contributed by atoms with Gasteiger partial charge in [-0.15, -0.1) is 5.10 Å². The normalized spacial score (nSPS) is 7.30. The lowest BCUT2D eigenvalue weighted by molar-refractivity contribution is 0.654. The lowest BCUT2D eigenvalue weighted by Crippen LogP contribution is -1.89. The second-order valence-electron chi connectivity index (χ2n) is 10.1. The highest BCUT2D eigenvalue weighted by molar-refractivity contribution is 5.06. The molecule has 0 aliphatic heterocycles. The van der Waals surface area contributed by atoms with Gasteiger partial charge in [0, 0.05) is 75.9 Å². The van der Waals surface area contributed by atoms with Gasteiger partial charge in [0.1, 0.15) is 31.1 Å². The highest BCUT2D eigenvalue weighted by Crippen LogP contribution is 1.89. The molecule has 0 aliphatic rings. The van der Waals surface area contributed by atoms with Crippen LogP contribution in [0, 0.1) is 34.6 Å². The predicted molar refractivity (Wildman–Crippen MR) is 295 cm³/mol. The fraction of sp³-hybridized carbons (Fsp3) is 0.481. The van der Waals surface area contributed by atoms with Crippen molar-refractivity contribution in [3.63, 3.8) is 0 Å². The molecule has 0 atom stereocenters. The van der Waals surface area contributed by atoms with E-state index in [9.17, 15) is 0 Å². The number of nitrogens with zero attached hydrogens (tertiary/aromatic N) is 16. The van der Waals surface area contributed by atoms with Crippen LogP contribution < -0.4 is 0 Å². The molecule has 8 heterocycles. The molecule has 0 bridgehead atoms. The molecule has 0 unspecified atom stereocenters. The van der Waals surface area contributed by atoms with Crippen LogP contribution in [0.5, 0.6) is 0 Å². The van der Waals surface area contributed by atoms with Crippen LogP contribution in [0.2, 0.25) is 0 Å². The summed E-state index contributed by atoms with van der Waals surface area (Å²) >= 11 is 0. The first-order chi connectivity index (χ1) is 33.2. The molecule has 17 nitrogen and oxygen atoms in total. The Hall–Kier alpha value is -6.91. The van der Waals surface area contributed by atoms with Gasteiger partial charge in [0.2, 0.25) is 0 Å². The Kier molecular flexibility index (Phi) is 93.2. The number of aromatic amines is 1. The summed E-state index contributed by atoms with van der Waals surface area (Å²) in [5, 5.41) is 24.5. The Morgan fingerprint density at radius 1 is 0.420 bits per heavy atom. The molecule has 0 fully saturated rings. The first kappa shape index (κ1) is 82.2. The fourth-order valence-corrected chi connectivity index (χ4v) is 2.76. The number of hydrogen-bond acceptors (Lipinski definition) is 13. The second-order valence-corrected chi connectivity index (χ2v) is 10.1.